The van der Waals surface area contributed by atoms with Gasteiger partial charge in [0.25, 0.3) is 6.43 Å². The second kappa shape index (κ2) is 6.43. The van der Waals surface area contributed by atoms with Crippen molar-refractivity contribution < 1.29 is 18.6 Å². The molecular weight excluding hydrogens is 214 g/mol. The molecule has 0 aliphatic heterocycles. The Hall–Kier alpha value is -1.16. The van der Waals surface area contributed by atoms with Gasteiger partial charge >= 0.3 is 0 Å². The summed E-state index contributed by atoms with van der Waals surface area (Å²) in [6, 6.07) is 6.98. The van der Waals surface area contributed by atoms with Gasteiger partial charge in [-0.05, 0) is 37.5 Å². The number of rotatable bonds is 6. The Morgan fingerprint density at radius 1 is 1.25 bits per heavy atom. The lowest BCUT2D eigenvalue weighted by molar-refractivity contribution is 0.0819. The van der Waals surface area contributed by atoms with Gasteiger partial charge in [-0.25, -0.2) is 8.78 Å². The van der Waals surface area contributed by atoms with E-state index in [1.165, 1.54) is 0 Å². The van der Waals surface area contributed by atoms with Crippen LogP contribution in [0.25, 0.3) is 0 Å². The van der Waals surface area contributed by atoms with Crippen LogP contribution in [-0.4, -0.2) is 24.2 Å². The fourth-order valence-corrected chi connectivity index (χ4v) is 1.29. The fourth-order valence-electron chi connectivity index (χ4n) is 1.29. The van der Waals surface area contributed by atoms with Gasteiger partial charge in [-0.1, -0.05) is 12.1 Å². The van der Waals surface area contributed by atoms with Gasteiger partial charge in [0.2, 0.25) is 0 Å². The van der Waals surface area contributed by atoms with Crippen molar-refractivity contribution in [2.24, 2.45) is 0 Å². The Bertz CT molecular complexity index is 265. The van der Waals surface area contributed by atoms with E-state index in [0.29, 0.717) is 12.2 Å². The number of hydrogen-bond acceptors (Lipinski definition) is 2. The van der Waals surface area contributed by atoms with Crippen molar-refractivity contribution in [1.82, 2.24) is 0 Å². The Labute approximate surface area is 93.9 Å². The molecule has 16 heavy (non-hydrogen) atoms. The Morgan fingerprint density at radius 2 is 1.88 bits per heavy atom. The van der Waals surface area contributed by atoms with Crippen LogP contribution in [-0.2, 0) is 6.42 Å². The number of aliphatic hydroxyl groups excluding tert-OH is 1. The van der Waals surface area contributed by atoms with Crippen LogP contribution in [0.1, 0.15) is 18.9 Å². The normalized spacial score (nSPS) is 12.8. The highest BCUT2D eigenvalue weighted by atomic mass is 19.3. The predicted molar refractivity (Wildman–Crippen MR) is 57.9 cm³/mol. The van der Waals surface area contributed by atoms with Crippen molar-refractivity contribution in [2.75, 3.05) is 6.61 Å². The standard InChI is InChI=1S/C12H16F2O2/c1-9(15)2-3-10-4-6-11(7-5-10)16-8-12(13)14/h4-7,9,12,15H,2-3,8H2,1H3. The summed E-state index contributed by atoms with van der Waals surface area (Å²) in [5.41, 5.74) is 1.06. The highest BCUT2D eigenvalue weighted by Crippen LogP contribution is 2.14. The highest BCUT2D eigenvalue weighted by molar-refractivity contribution is 5.27. The summed E-state index contributed by atoms with van der Waals surface area (Å²) in [6.45, 7) is 1.16. The van der Waals surface area contributed by atoms with Crippen molar-refractivity contribution in [1.29, 1.82) is 0 Å². The molecule has 1 rings (SSSR count). The van der Waals surface area contributed by atoms with Gasteiger partial charge in [-0.3, -0.25) is 0 Å². The van der Waals surface area contributed by atoms with Crippen LogP contribution in [0.15, 0.2) is 24.3 Å². The monoisotopic (exact) mass is 230 g/mol. The van der Waals surface area contributed by atoms with Gasteiger partial charge in [-0.2, -0.15) is 0 Å². The molecule has 0 heterocycles. The van der Waals surface area contributed by atoms with Crippen molar-refractivity contribution in [3.05, 3.63) is 29.8 Å². The van der Waals surface area contributed by atoms with E-state index in [2.05, 4.69) is 0 Å². The Kier molecular flexibility index (Phi) is 5.19. The van der Waals surface area contributed by atoms with Crippen LogP contribution < -0.4 is 4.74 Å². The van der Waals surface area contributed by atoms with Crippen LogP contribution in [0.4, 0.5) is 8.78 Å². The SMILES string of the molecule is CC(O)CCc1ccc(OCC(F)F)cc1. The minimum absolute atomic E-state index is 0.324. The van der Waals surface area contributed by atoms with Gasteiger partial charge in [0.15, 0.2) is 0 Å². The zero-order chi connectivity index (χ0) is 12.0. The molecule has 1 unspecified atom stereocenters. The number of ether oxygens (including phenoxy) is 1. The van der Waals surface area contributed by atoms with Gasteiger partial charge in [-0.15, -0.1) is 0 Å². The molecule has 0 spiro atoms. The third-order valence-corrected chi connectivity index (χ3v) is 2.15. The van der Waals surface area contributed by atoms with Crippen LogP contribution in [0.3, 0.4) is 0 Å². The largest absolute Gasteiger partial charge is 0.488 e. The van der Waals surface area contributed by atoms with Gasteiger partial charge in [0.05, 0.1) is 6.10 Å². The summed E-state index contributed by atoms with van der Waals surface area (Å²) in [6.07, 6.45) is -1.31. The first-order valence-electron chi connectivity index (χ1n) is 5.26. The van der Waals surface area contributed by atoms with E-state index in [9.17, 15) is 8.78 Å². The summed E-state index contributed by atoms with van der Waals surface area (Å²) in [5, 5.41) is 9.11. The molecular formula is C12H16F2O2. The van der Waals surface area contributed by atoms with Crippen LogP contribution in [0, 0.1) is 0 Å². The summed E-state index contributed by atoms with van der Waals surface area (Å²) in [7, 11) is 0. The summed E-state index contributed by atoms with van der Waals surface area (Å²) >= 11 is 0. The number of halogens is 2. The maximum absolute atomic E-state index is 11.9. The average Bonchev–Trinajstić information content (AvgIpc) is 2.25. The van der Waals surface area contributed by atoms with Crippen molar-refractivity contribution >= 4 is 0 Å². The van der Waals surface area contributed by atoms with Crippen LogP contribution in [0.5, 0.6) is 5.75 Å². The molecule has 0 amide bonds. The minimum Gasteiger partial charge on any atom is -0.488 e. The molecule has 2 nitrogen and oxygen atoms in total. The van der Waals surface area contributed by atoms with E-state index >= 15 is 0 Å². The molecule has 1 aromatic rings. The third-order valence-electron chi connectivity index (χ3n) is 2.15. The molecule has 0 aliphatic rings. The number of aliphatic hydroxyl groups is 1. The Morgan fingerprint density at radius 3 is 2.38 bits per heavy atom. The minimum atomic E-state index is -2.45. The zero-order valence-electron chi connectivity index (χ0n) is 9.20. The van der Waals surface area contributed by atoms with Crippen molar-refractivity contribution in [3.8, 4) is 5.75 Å². The zero-order valence-corrected chi connectivity index (χ0v) is 9.20. The number of aryl methyl sites for hydroxylation is 1. The Balaban J connectivity index is 2.41. The summed E-state index contributed by atoms with van der Waals surface area (Å²) in [4.78, 5) is 0. The number of benzene rings is 1. The predicted octanol–water partition coefficient (Wildman–Crippen LogP) is 2.64. The van der Waals surface area contributed by atoms with E-state index in [1.54, 1.807) is 19.1 Å². The van der Waals surface area contributed by atoms with E-state index in [-0.39, 0.29) is 6.10 Å². The maximum atomic E-state index is 11.9. The topological polar surface area (TPSA) is 29.5 Å². The third kappa shape index (κ3) is 5.07. The first-order chi connectivity index (χ1) is 7.58. The first-order valence-corrected chi connectivity index (χ1v) is 5.26. The van der Waals surface area contributed by atoms with Gasteiger partial charge in [0.1, 0.15) is 12.4 Å². The molecule has 0 fully saturated rings. The number of hydrogen-bond donors (Lipinski definition) is 1. The fraction of sp³-hybridized carbons (Fsp3) is 0.500. The second-order valence-electron chi connectivity index (χ2n) is 3.73. The van der Waals surface area contributed by atoms with Gasteiger partial charge < -0.3 is 9.84 Å². The van der Waals surface area contributed by atoms with Crippen LogP contribution >= 0.6 is 0 Å². The van der Waals surface area contributed by atoms with Gasteiger partial charge in [0, 0.05) is 0 Å². The quantitative estimate of drug-likeness (QED) is 0.814. The lowest BCUT2D eigenvalue weighted by Crippen LogP contribution is -2.07. The molecule has 4 heteroatoms. The van der Waals surface area contributed by atoms with E-state index in [0.717, 1.165) is 12.0 Å². The van der Waals surface area contributed by atoms with E-state index in [1.807, 2.05) is 12.1 Å². The molecule has 1 aromatic carbocycles. The second-order valence-corrected chi connectivity index (χ2v) is 3.73. The number of alkyl halides is 2. The molecule has 1 atom stereocenters. The van der Waals surface area contributed by atoms with Crippen molar-refractivity contribution in [2.45, 2.75) is 32.3 Å². The highest BCUT2D eigenvalue weighted by Gasteiger charge is 2.03. The lowest BCUT2D eigenvalue weighted by atomic mass is 10.1. The van der Waals surface area contributed by atoms with Crippen LogP contribution in [0.2, 0.25) is 0 Å². The maximum Gasteiger partial charge on any atom is 0.272 e. The average molecular weight is 230 g/mol. The molecule has 0 bridgehead atoms. The van der Waals surface area contributed by atoms with E-state index < -0.39 is 13.0 Å². The first kappa shape index (κ1) is 12.9. The lowest BCUT2D eigenvalue weighted by Gasteiger charge is -2.07. The summed E-state index contributed by atoms with van der Waals surface area (Å²) in [5.74, 6) is 0.445. The summed E-state index contributed by atoms with van der Waals surface area (Å²) < 4.78 is 28.6. The molecule has 0 saturated carbocycles. The van der Waals surface area contributed by atoms with E-state index in [4.69, 9.17) is 9.84 Å². The smallest absolute Gasteiger partial charge is 0.272 e. The molecule has 1 N–H and O–H groups in total. The van der Waals surface area contributed by atoms with Crippen molar-refractivity contribution in [3.63, 3.8) is 0 Å². The molecule has 0 aliphatic carbocycles. The molecule has 0 aromatic heterocycles. The molecule has 0 saturated heterocycles. The molecule has 90 valence electrons. The molecule has 0 radical (unpaired) electrons.